The molecule has 1 amide bonds. The van der Waals surface area contributed by atoms with Crippen LogP contribution in [-0.4, -0.2) is 12.7 Å². The van der Waals surface area contributed by atoms with Gasteiger partial charge in [-0.05, 0) is 41.0 Å². The first kappa shape index (κ1) is 13.7. The van der Waals surface area contributed by atoms with Crippen LogP contribution in [0.25, 0.3) is 0 Å². The van der Waals surface area contributed by atoms with Crippen LogP contribution in [0.3, 0.4) is 0 Å². The Morgan fingerprint density at radius 3 is 3.17 bits per heavy atom. The molecule has 4 aliphatic rings. The van der Waals surface area contributed by atoms with E-state index in [9.17, 15) is 9.18 Å². The van der Waals surface area contributed by atoms with Crippen molar-refractivity contribution in [3.8, 4) is 5.75 Å². The van der Waals surface area contributed by atoms with Crippen LogP contribution in [0.1, 0.15) is 11.1 Å². The van der Waals surface area contributed by atoms with E-state index in [4.69, 9.17) is 9.47 Å². The van der Waals surface area contributed by atoms with Crippen molar-refractivity contribution in [2.45, 2.75) is 13.2 Å². The predicted molar refractivity (Wildman–Crippen MR) is 84.4 cm³/mol. The Morgan fingerprint density at radius 1 is 1.33 bits per heavy atom. The number of rotatable bonds is 3. The summed E-state index contributed by atoms with van der Waals surface area (Å²) in [6.45, 7) is 0.669. The van der Waals surface area contributed by atoms with Gasteiger partial charge in [0.2, 0.25) is 0 Å². The third-order valence-corrected chi connectivity index (χ3v) is 4.72. The van der Waals surface area contributed by atoms with Gasteiger partial charge < -0.3 is 14.8 Å². The van der Waals surface area contributed by atoms with Gasteiger partial charge in [0.15, 0.2) is 6.79 Å². The third kappa shape index (κ3) is 2.05. The molecule has 24 heavy (non-hydrogen) atoms. The fraction of sp³-hybridized carbons (Fsp3) is 0.211. The highest BCUT2D eigenvalue weighted by molar-refractivity contribution is 6.02. The number of amides is 1. The third-order valence-electron chi connectivity index (χ3n) is 4.72. The van der Waals surface area contributed by atoms with E-state index in [0.717, 1.165) is 5.57 Å². The maximum Gasteiger partial charge on any atom is 0.252 e. The van der Waals surface area contributed by atoms with Crippen LogP contribution in [0, 0.1) is 11.7 Å². The molecule has 3 aliphatic carbocycles. The van der Waals surface area contributed by atoms with Gasteiger partial charge in [-0.1, -0.05) is 12.2 Å². The number of ether oxygens (including phenoxy) is 2. The molecule has 0 bridgehead atoms. The lowest BCUT2D eigenvalue weighted by atomic mass is 10.0. The molecule has 1 heterocycles. The number of benzene rings is 1. The molecule has 1 aromatic carbocycles. The van der Waals surface area contributed by atoms with Crippen LogP contribution >= 0.6 is 0 Å². The molecule has 0 fully saturated rings. The highest BCUT2D eigenvalue weighted by Gasteiger charge is 2.39. The quantitative estimate of drug-likeness (QED) is 0.930. The van der Waals surface area contributed by atoms with E-state index in [-0.39, 0.29) is 25.1 Å². The molecular weight excluding hydrogens is 309 g/mol. The van der Waals surface area contributed by atoms with E-state index in [0.29, 0.717) is 35.0 Å². The van der Waals surface area contributed by atoms with Gasteiger partial charge in [0.25, 0.3) is 5.91 Å². The molecule has 1 aromatic rings. The second kappa shape index (κ2) is 4.92. The van der Waals surface area contributed by atoms with Crippen LogP contribution in [0.2, 0.25) is 0 Å². The van der Waals surface area contributed by atoms with E-state index in [1.165, 1.54) is 23.3 Å². The standard InChI is InChI=1S/C19H14FNO3/c20-13-3-11(18-12(4-13)8-23-9-24-18)7-21-19(22)15-2-1-14-16-5-10(16)6-17(14)15/h1-6,16H,7-9H2,(H,21,22). The van der Waals surface area contributed by atoms with Gasteiger partial charge in [-0.2, -0.15) is 0 Å². The summed E-state index contributed by atoms with van der Waals surface area (Å²) in [6.07, 6.45) is 8.11. The lowest BCUT2D eigenvalue weighted by molar-refractivity contribution is -0.117. The van der Waals surface area contributed by atoms with Gasteiger partial charge in [0.05, 0.1) is 6.61 Å². The van der Waals surface area contributed by atoms with Gasteiger partial charge >= 0.3 is 0 Å². The van der Waals surface area contributed by atoms with Crippen LogP contribution < -0.4 is 10.1 Å². The summed E-state index contributed by atoms with van der Waals surface area (Å²) in [5.41, 5.74) is 5.48. The molecule has 1 atom stereocenters. The fourth-order valence-corrected chi connectivity index (χ4v) is 3.52. The Morgan fingerprint density at radius 2 is 2.25 bits per heavy atom. The summed E-state index contributed by atoms with van der Waals surface area (Å²) < 4.78 is 24.4. The highest BCUT2D eigenvalue weighted by atomic mass is 19.1. The molecule has 1 unspecified atom stereocenters. The Hall–Kier alpha value is -2.66. The van der Waals surface area contributed by atoms with Crippen LogP contribution in [0.5, 0.6) is 5.75 Å². The summed E-state index contributed by atoms with van der Waals surface area (Å²) in [5, 5.41) is 2.87. The van der Waals surface area contributed by atoms with E-state index in [2.05, 4.69) is 17.5 Å². The zero-order valence-corrected chi connectivity index (χ0v) is 12.8. The first-order valence-corrected chi connectivity index (χ1v) is 7.87. The molecule has 0 radical (unpaired) electrons. The van der Waals surface area contributed by atoms with E-state index in [1.54, 1.807) is 0 Å². The monoisotopic (exact) mass is 323 g/mol. The maximum absolute atomic E-state index is 13.7. The van der Waals surface area contributed by atoms with Crippen molar-refractivity contribution in [2.75, 3.05) is 6.79 Å². The minimum atomic E-state index is -0.360. The molecule has 1 aliphatic heterocycles. The number of carbonyl (C=O) groups excluding carboxylic acids is 1. The summed E-state index contributed by atoms with van der Waals surface area (Å²) >= 11 is 0. The van der Waals surface area contributed by atoms with Gasteiger partial charge in [-0.3, -0.25) is 4.79 Å². The summed E-state index contributed by atoms with van der Waals surface area (Å²) in [4.78, 5) is 12.5. The second-order valence-electron chi connectivity index (χ2n) is 6.25. The number of carbonyl (C=O) groups is 1. The minimum absolute atomic E-state index is 0.140. The molecule has 5 rings (SSSR count). The van der Waals surface area contributed by atoms with Gasteiger partial charge in [0.1, 0.15) is 11.6 Å². The average Bonchev–Trinajstić information content (AvgIpc) is 3.06. The topological polar surface area (TPSA) is 47.6 Å². The van der Waals surface area contributed by atoms with Crippen LogP contribution in [0.15, 0.2) is 58.7 Å². The van der Waals surface area contributed by atoms with Gasteiger partial charge in [0, 0.05) is 29.2 Å². The molecule has 5 heteroatoms. The molecule has 0 saturated carbocycles. The number of fused-ring (bicyclic) bond motifs is 4. The Balaban J connectivity index is 1.33. The molecule has 0 aromatic heterocycles. The van der Waals surface area contributed by atoms with Crippen molar-refractivity contribution in [1.82, 2.24) is 5.32 Å². The first-order valence-electron chi connectivity index (χ1n) is 7.87. The lowest BCUT2D eigenvalue weighted by Crippen LogP contribution is -2.26. The first-order chi connectivity index (χ1) is 11.7. The van der Waals surface area contributed by atoms with Crippen molar-refractivity contribution in [1.29, 1.82) is 0 Å². The SMILES string of the molecule is O=C(NCc1cc(F)cc2c1OCOC2)C1=CC=C2C1=CC1=CC12. The zero-order valence-electron chi connectivity index (χ0n) is 12.8. The van der Waals surface area contributed by atoms with Crippen molar-refractivity contribution in [2.24, 2.45) is 5.92 Å². The van der Waals surface area contributed by atoms with Crippen molar-refractivity contribution >= 4 is 5.91 Å². The fourth-order valence-electron chi connectivity index (χ4n) is 3.52. The van der Waals surface area contributed by atoms with E-state index >= 15 is 0 Å². The molecule has 0 saturated heterocycles. The average molecular weight is 323 g/mol. The number of nitrogens with one attached hydrogen (secondary N) is 1. The maximum atomic E-state index is 13.7. The number of allylic oxidation sites excluding steroid dienone is 6. The Labute approximate surface area is 137 Å². The molecule has 0 spiro atoms. The van der Waals surface area contributed by atoms with Crippen LogP contribution in [-0.2, 0) is 22.7 Å². The molecule has 4 nitrogen and oxygen atoms in total. The van der Waals surface area contributed by atoms with Crippen LogP contribution in [0.4, 0.5) is 4.39 Å². The Kier molecular flexibility index (Phi) is 2.82. The number of hydrogen-bond donors (Lipinski definition) is 1. The van der Waals surface area contributed by atoms with Gasteiger partial charge in [-0.25, -0.2) is 4.39 Å². The minimum Gasteiger partial charge on any atom is -0.467 e. The predicted octanol–water partition coefficient (Wildman–Crippen LogP) is 2.67. The summed E-state index contributed by atoms with van der Waals surface area (Å²) in [7, 11) is 0. The van der Waals surface area contributed by atoms with Gasteiger partial charge in [-0.15, -0.1) is 0 Å². The van der Waals surface area contributed by atoms with E-state index < -0.39 is 0 Å². The highest BCUT2D eigenvalue weighted by Crippen LogP contribution is 2.51. The molecule has 1 N–H and O–H groups in total. The number of halogens is 1. The Bertz CT molecular complexity index is 907. The lowest BCUT2D eigenvalue weighted by Gasteiger charge is -2.21. The molecule has 120 valence electrons. The van der Waals surface area contributed by atoms with E-state index in [1.807, 2.05) is 12.2 Å². The number of hydrogen-bond acceptors (Lipinski definition) is 3. The van der Waals surface area contributed by atoms with Crippen molar-refractivity contribution in [3.05, 3.63) is 75.7 Å². The van der Waals surface area contributed by atoms with Crippen molar-refractivity contribution in [3.63, 3.8) is 0 Å². The zero-order chi connectivity index (χ0) is 16.3. The second-order valence-corrected chi connectivity index (χ2v) is 6.25. The normalized spacial score (nSPS) is 22.3. The molecular formula is C19H14FNO3. The summed E-state index contributed by atoms with van der Waals surface area (Å²) in [6, 6.07) is 2.80. The van der Waals surface area contributed by atoms with Crippen molar-refractivity contribution < 1.29 is 18.7 Å². The largest absolute Gasteiger partial charge is 0.467 e. The summed E-state index contributed by atoms with van der Waals surface area (Å²) in [5.74, 6) is 0.514. The smallest absolute Gasteiger partial charge is 0.252 e.